The highest BCUT2D eigenvalue weighted by atomic mass is 16.5. The lowest BCUT2D eigenvalue weighted by Crippen LogP contribution is -2.42. The standard InChI is InChI=1S/C24H30N2O7/c1-16-4-2-6-20(32-15-22(29)26-8-10-31-11-9-26)7-3-5-18(25)12-17-13-19(27)14-21(28)23(17)24(30)33-16/h2-3,5-6,13-14,16,20,25,27-28H,4,7-12,15H2,1H3/b5-3+,6-2+,25-18?/t16-,20-/m1/s1. The van der Waals surface area contributed by atoms with Gasteiger partial charge in [-0.3, -0.25) is 4.79 Å². The summed E-state index contributed by atoms with van der Waals surface area (Å²) in [5.41, 5.74) is 0.420. The van der Waals surface area contributed by atoms with Gasteiger partial charge in [-0.05, 0) is 31.1 Å². The molecular formula is C24H30N2O7. The zero-order valence-corrected chi connectivity index (χ0v) is 18.7. The van der Waals surface area contributed by atoms with Gasteiger partial charge in [0.05, 0.1) is 19.3 Å². The van der Waals surface area contributed by atoms with E-state index in [0.29, 0.717) is 44.7 Å². The third kappa shape index (κ3) is 7.16. The third-order valence-corrected chi connectivity index (χ3v) is 5.37. The lowest BCUT2D eigenvalue weighted by Gasteiger charge is -2.27. The molecule has 1 aromatic rings. The van der Waals surface area contributed by atoms with Gasteiger partial charge in [0, 0.05) is 37.7 Å². The molecule has 1 fully saturated rings. The summed E-state index contributed by atoms with van der Waals surface area (Å²) >= 11 is 0. The third-order valence-electron chi connectivity index (χ3n) is 5.37. The number of amides is 1. The van der Waals surface area contributed by atoms with E-state index in [1.165, 1.54) is 6.07 Å². The molecule has 2 heterocycles. The molecule has 1 aromatic carbocycles. The number of esters is 1. The average molecular weight is 459 g/mol. The zero-order chi connectivity index (χ0) is 23.8. The van der Waals surface area contributed by atoms with Crippen LogP contribution in [0.5, 0.6) is 11.5 Å². The molecule has 3 rings (SSSR count). The minimum Gasteiger partial charge on any atom is -0.508 e. The van der Waals surface area contributed by atoms with Crippen molar-refractivity contribution in [1.29, 1.82) is 5.41 Å². The second kappa shape index (κ2) is 11.6. The second-order valence-electron chi connectivity index (χ2n) is 8.06. The van der Waals surface area contributed by atoms with Crippen LogP contribution < -0.4 is 0 Å². The van der Waals surface area contributed by atoms with E-state index in [0.717, 1.165) is 6.07 Å². The number of carbonyl (C=O) groups is 2. The van der Waals surface area contributed by atoms with E-state index >= 15 is 0 Å². The van der Waals surface area contributed by atoms with E-state index in [-0.39, 0.29) is 47.8 Å². The number of phenols is 2. The first kappa shape index (κ1) is 24.5. The molecule has 1 amide bonds. The van der Waals surface area contributed by atoms with Gasteiger partial charge in [-0.2, -0.15) is 0 Å². The number of morpholine rings is 1. The SMILES string of the molecule is C[C@@H]1C/C=C/[C@@H](OCC(=O)N2CCOCC2)C/C=C/C(=N)Cc2cc(O)cc(O)c2C(=O)O1. The Morgan fingerprint density at radius 1 is 1.21 bits per heavy atom. The Hall–Kier alpha value is -3.17. The fourth-order valence-electron chi connectivity index (χ4n) is 3.65. The van der Waals surface area contributed by atoms with Crippen LogP contribution in [0.25, 0.3) is 0 Å². The molecule has 2 aliphatic rings. The van der Waals surface area contributed by atoms with Crippen molar-refractivity contribution in [3.05, 3.63) is 47.6 Å². The van der Waals surface area contributed by atoms with Crippen LogP contribution in [0.15, 0.2) is 36.4 Å². The van der Waals surface area contributed by atoms with Crippen molar-refractivity contribution in [2.75, 3.05) is 32.9 Å². The summed E-state index contributed by atoms with van der Waals surface area (Å²) in [5, 5.41) is 28.3. The Morgan fingerprint density at radius 3 is 2.73 bits per heavy atom. The van der Waals surface area contributed by atoms with Gasteiger partial charge in [-0.15, -0.1) is 0 Å². The number of nitrogens with zero attached hydrogens (tertiary/aromatic N) is 1. The van der Waals surface area contributed by atoms with Crippen LogP contribution in [0.3, 0.4) is 0 Å². The zero-order valence-electron chi connectivity index (χ0n) is 18.7. The van der Waals surface area contributed by atoms with E-state index < -0.39 is 12.1 Å². The van der Waals surface area contributed by atoms with Gasteiger partial charge in [-0.1, -0.05) is 18.2 Å². The van der Waals surface area contributed by atoms with Crippen molar-refractivity contribution >= 4 is 17.6 Å². The topological polar surface area (TPSA) is 129 Å². The van der Waals surface area contributed by atoms with Crippen LogP contribution in [-0.2, 0) is 25.4 Å². The number of aromatic hydroxyl groups is 2. The predicted octanol–water partition coefficient (Wildman–Crippen LogP) is 2.36. The summed E-state index contributed by atoms with van der Waals surface area (Å²) in [6, 6.07) is 2.42. The molecule has 33 heavy (non-hydrogen) atoms. The van der Waals surface area contributed by atoms with Gasteiger partial charge >= 0.3 is 5.97 Å². The normalized spacial score (nSPS) is 24.3. The lowest BCUT2D eigenvalue weighted by atomic mass is 9.99. The van der Waals surface area contributed by atoms with Gasteiger partial charge < -0.3 is 34.7 Å². The van der Waals surface area contributed by atoms with E-state index in [1.54, 1.807) is 24.0 Å². The molecule has 0 bridgehead atoms. The van der Waals surface area contributed by atoms with Gasteiger partial charge in [0.2, 0.25) is 5.91 Å². The number of cyclic esters (lactones) is 1. The highest BCUT2D eigenvalue weighted by molar-refractivity contribution is 5.99. The maximum Gasteiger partial charge on any atom is 0.342 e. The first-order valence-corrected chi connectivity index (χ1v) is 11.0. The van der Waals surface area contributed by atoms with Crippen molar-refractivity contribution in [2.24, 2.45) is 0 Å². The number of rotatable bonds is 3. The summed E-state index contributed by atoms with van der Waals surface area (Å²) in [6.45, 7) is 3.82. The van der Waals surface area contributed by atoms with E-state index in [1.807, 2.05) is 12.2 Å². The van der Waals surface area contributed by atoms with E-state index in [2.05, 4.69) is 0 Å². The molecule has 178 valence electrons. The van der Waals surface area contributed by atoms with Crippen molar-refractivity contribution in [3.8, 4) is 11.5 Å². The molecule has 0 aromatic heterocycles. The van der Waals surface area contributed by atoms with Crippen LogP contribution >= 0.6 is 0 Å². The summed E-state index contributed by atoms with van der Waals surface area (Å²) in [7, 11) is 0. The smallest absolute Gasteiger partial charge is 0.342 e. The van der Waals surface area contributed by atoms with Crippen molar-refractivity contribution in [2.45, 2.75) is 38.4 Å². The Bertz CT molecular complexity index is 935. The number of fused-ring (bicyclic) bond motifs is 1. The fraction of sp³-hybridized carbons (Fsp3) is 0.458. The van der Waals surface area contributed by atoms with Gasteiger partial charge in [-0.25, -0.2) is 4.79 Å². The predicted molar refractivity (Wildman–Crippen MR) is 121 cm³/mol. The largest absolute Gasteiger partial charge is 0.508 e. The number of benzene rings is 1. The van der Waals surface area contributed by atoms with Crippen LogP contribution in [0.2, 0.25) is 0 Å². The van der Waals surface area contributed by atoms with Gasteiger partial charge in [0.25, 0.3) is 0 Å². The van der Waals surface area contributed by atoms with Crippen molar-refractivity contribution in [1.82, 2.24) is 4.90 Å². The number of ether oxygens (including phenoxy) is 3. The molecule has 0 radical (unpaired) electrons. The molecule has 0 unspecified atom stereocenters. The van der Waals surface area contributed by atoms with Crippen LogP contribution in [-0.4, -0.2) is 77.8 Å². The molecular weight excluding hydrogens is 428 g/mol. The number of nitrogens with one attached hydrogen (secondary N) is 1. The summed E-state index contributed by atoms with van der Waals surface area (Å²) in [6.07, 6.45) is 7.01. The Labute approximate surface area is 192 Å². The van der Waals surface area contributed by atoms with Crippen molar-refractivity contribution < 1.29 is 34.0 Å². The maximum absolute atomic E-state index is 12.7. The number of hydrogen-bond acceptors (Lipinski definition) is 8. The fourth-order valence-corrected chi connectivity index (χ4v) is 3.65. The molecule has 0 saturated carbocycles. The quantitative estimate of drug-likeness (QED) is 0.468. The Balaban J connectivity index is 1.72. The van der Waals surface area contributed by atoms with Gasteiger partial charge in [0.15, 0.2) is 0 Å². The van der Waals surface area contributed by atoms with Gasteiger partial charge in [0.1, 0.15) is 29.8 Å². The molecule has 2 aliphatic heterocycles. The first-order chi connectivity index (χ1) is 15.8. The van der Waals surface area contributed by atoms with E-state index in [4.69, 9.17) is 19.6 Å². The lowest BCUT2D eigenvalue weighted by molar-refractivity contribution is -0.141. The maximum atomic E-state index is 12.7. The summed E-state index contributed by atoms with van der Waals surface area (Å²) < 4.78 is 16.5. The monoisotopic (exact) mass is 458 g/mol. The molecule has 2 atom stereocenters. The van der Waals surface area contributed by atoms with Crippen molar-refractivity contribution in [3.63, 3.8) is 0 Å². The molecule has 3 N–H and O–H groups in total. The Kier molecular flexibility index (Phi) is 8.62. The molecule has 0 aliphatic carbocycles. The Morgan fingerprint density at radius 2 is 1.97 bits per heavy atom. The first-order valence-electron chi connectivity index (χ1n) is 11.0. The number of carbonyl (C=O) groups excluding carboxylic acids is 2. The van der Waals surface area contributed by atoms with Crippen LogP contribution in [0, 0.1) is 5.41 Å². The number of allylic oxidation sites excluding steroid dienone is 1. The molecule has 9 heteroatoms. The summed E-state index contributed by atoms with van der Waals surface area (Å²) in [4.78, 5) is 26.8. The van der Waals surface area contributed by atoms with Crippen LogP contribution in [0.1, 0.15) is 35.7 Å². The minimum absolute atomic E-state index is 0.0220. The molecule has 1 saturated heterocycles. The van der Waals surface area contributed by atoms with E-state index in [9.17, 15) is 19.8 Å². The highest BCUT2D eigenvalue weighted by Gasteiger charge is 2.22. The highest BCUT2D eigenvalue weighted by Crippen LogP contribution is 2.29. The van der Waals surface area contributed by atoms with Crippen LogP contribution in [0.4, 0.5) is 0 Å². The second-order valence-corrected chi connectivity index (χ2v) is 8.06. The minimum atomic E-state index is -0.721. The molecule has 9 nitrogen and oxygen atoms in total. The number of phenolic OH excluding ortho intramolecular Hbond substituents is 2. The molecule has 0 spiro atoms. The summed E-state index contributed by atoms with van der Waals surface area (Å²) in [5.74, 6) is -1.41. The number of hydrogen-bond donors (Lipinski definition) is 3. The average Bonchev–Trinajstić information content (AvgIpc) is 2.76.